The van der Waals surface area contributed by atoms with Gasteiger partial charge in [-0.15, -0.1) is 5.10 Å². The van der Waals surface area contributed by atoms with E-state index in [-0.39, 0.29) is 18.1 Å². The number of rotatable bonds is 10. The standard InChI is InChI=1S/C33H33N5O/c39-33-21-12-22-37(33)32(38-30-20-11-10-19-29(30)34-35-38)23-31(28-17-8-3-9-18-28)36(24-26-13-4-1-5-14-26)25-27-15-6-2-7-16-27/h1-11,13-20,31-32H,12,21-25H2/t31-,32-/m1/s1. The SMILES string of the molecule is O=C1CCCN1[C@@H](C[C@H](c1ccccc1)N(Cc1ccccc1)Cc1ccccc1)n1nnc2ccccc21. The van der Waals surface area contributed by atoms with Crippen LogP contribution in [0.3, 0.4) is 0 Å². The third-order valence-corrected chi connectivity index (χ3v) is 7.65. The molecule has 0 N–H and O–H groups in total. The Bertz CT molecular complexity index is 1460. The normalized spacial score (nSPS) is 15.2. The number of aromatic nitrogens is 3. The lowest BCUT2D eigenvalue weighted by Crippen LogP contribution is -2.38. The largest absolute Gasteiger partial charge is 0.320 e. The molecule has 2 atom stereocenters. The Hall–Kier alpha value is -4.29. The minimum Gasteiger partial charge on any atom is -0.320 e. The van der Waals surface area contributed by atoms with Crippen molar-refractivity contribution in [3.63, 3.8) is 0 Å². The van der Waals surface area contributed by atoms with E-state index < -0.39 is 0 Å². The molecule has 196 valence electrons. The number of carbonyl (C=O) groups is 1. The first-order valence-corrected chi connectivity index (χ1v) is 13.7. The molecule has 1 aliphatic heterocycles. The highest BCUT2D eigenvalue weighted by atomic mass is 16.2. The van der Waals surface area contributed by atoms with Crippen molar-refractivity contribution in [3.8, 4) is 0 Å². The second-order valence-corrected chi connectivity index (χ2v) is 10.2. The molecule has 0 saturated carbocycles. The minimum absolute atomic E-state index is 0.0352. The average Bonchev–Trinajstić information content (AvgIpc) is 3.61. The summed E-state index contributed by atoms with van der Waals surface area (Å²) in [5.41, 5.74) is 5.54. The van der Waals surface area contributed by atoms with E-state index in [2.05, 4.69) is 106 Å². The van der Waals surface area contributed by atoms with Crippen molar-refractivity contribution >= 4 is 16.9 Å². The van der Waals surface area contributed by atoms with Crippen molar-refractivity contribution < 1.29 is 4.79 Å². The minimum atomic E-state index is -0.244. The van der Waals surface area contributed by atoms with Crippen LogP contribution in [0.25, 0.3) is 11.0 Å². The highest BCUT2D eigenvalue weighted by Crippen LogP contribution is 2.36. The Labute approximate surface area is 229 Å². The monoisotopic (exact) mass is 515 g/mol. The van der Waals surface area contributed by atoms with Gasteiger partial charge in [0.2, 0.25) is 5.91 Å². The molecule has 1 amide bonds. The van der Waals surface area contributed by atoms with Crippen molar-refractivity contribution in [1.82, 2.24) is 24.8 Å². The van der Waals surface area contributed by atoms with Gasteiger partial charge in [0.15, 0.2) is 0 Å². The number of nitrogens with zero attached hydrogens (tertiary/aromatic N) is 5. The van der Waals surface area contributed by atoms with Gasteiger partial charge >= 0.3 is 0 Å². The van der Waals surface area contributed by atoms with E-state index in [4.69, 9.17) is 0 Å². The van der Waals surface area contributed by atoms with Gasteiger partial charge in [0, 0.05) is 38.5 Å². The predicted octanol–water partition coefficient (Wildman–Crippen LogP) is 6.39. The number of hydrogen-bond acceptors (Lipinski definition) is 4. The molecular formula is C33H33N5O. The first kappa shape index (κ1) is 25.0. The molecule has 39 heavy (non-hydrogen) atoms. The fourth-order valence-electron chi connectivity index (χ4n) is 5.73. The highest BCUT2D eigenvalue weighted by molar-refractivity contribution is 5.79. The van der Waals surface area contributed by atoms with Gasteiger partial charge in [-0.3, -0.25) is 9.69 Å². The van der Waals surface area contributed by atoms with Gasteiger partial charge in [0.1, 0.15) is 11.7 Å². The summed E-state index contributed by atoms with van der Waals surface area (Å²) < 4.78 is 1.97. The average molecular weight is 516 g/mol. The van der Waals surface area contributed by atoms with E-state index >= 15 is 0 Å². The van der Waals surface area contributed by atoms with Crippen molar-refractivity contribution in [2.24, 2.45) is 0 Å². The smallest absolute Gasteiger partial charge is 0.224 e. The number of likely N-dealkylation sites (tertiary alicyclic amines) is 1. The molecule has 0 radical (unpaired) electrons. The maximum Gasteiger partial charge on any atom is 0.224 e. The lowest BCUT2D eigenvalue weighted by molar-refractivity contribution is -0.132. The summed E-state index contributed by atoms with van der Waals surface area (Å²) in [6, 6.07) is 40.0. The number of benzene rings is 4. The number of carbonyl (C=O) groups excluding carboxylic acids is 1. The Morgan fingerprint density at radius 3 is 1.95 bits per heavy atom. The second kappa shape index (κ2) is 11.6. The van der Waals surface area contributed by atoms with Crippen LogP contribution >= 0.6 is 0 Å². The molecule has 5 aromatic rings. The van der Waals surface area contributed by atoms with Crippen LogP contribution in [0.15, 0.2) is 115 Å². The zero-order chi connectivity index (χ0) is 26.4. The molecule has 4 aromatic carbocycles. The van der Waals surface area contributed by atoms with E-state index in [1.54, 1.807) is 0 Å². The Balaban J connectivity index is 1.44. The van der Waals surface area contributed by atoms with E-state index in [1.165, 1.54) is 16.7 Å². The summed E-state index contributed by atoms with van der Waals surface area (Å²) in [7, 11) is 0. The van der Waals surface area contributed by atoms with E-state index in [9.17, 15) is 4.79 Å². The van der Waals surface area contributed by atoms with Crippen molar-refractivity contribution in [1.29, 1.82) is 0 Å². The van der Waals surface area contributed by atoms with Gasteiger partial charge < -0.3 is 4.90 Å². The Kier molecular flexibility index (Phi) is 7.45. The van der Waals surface area contributed by atoms with Gasteiger partial charge in [0.05, 0.1) is 5.52 Å². The Morgan fingerprint density at radius 1 is 0.744 bits per heavy atom. The fraction of sp³-hybridized carbons (Fsp3) is 0.242. The molecule has 1 aliphatic rings. The summed E-state index contributed by atoms with van der Waals surface area (Å²) >= 11 is 0. The second-order valence-electron chi connectivity index (χ2n) is 10.2. The van der Waals surface area contributed by atoms with Gasteiger partial charge in [-0.25, -0.2) is 4.68 Å². The van der Waals surface area contributed by atoms with E-state index in [0.717, 1.165) is 37.1 Å². The quantitative estimate of drug-likeness (QED) is 0.216. The molecular weight excluding hydrogens is 482 g/mol. The van der Waals surface area contributed by atoms with Crippen LogP contribution in [0.5, 0.6) is 0 Å². The lowest BCUT2D eigenvalue weighted by atomic mass is 9.98. The van der Waals surface area contributed by atoms with Crippen LogP contribution in [0.2, 0.25) is 0 Å². The predicted molar refractivity (Wildman–Crippen MR) is 153 cm³/mol. The first-order valence-electron chi connectivity index (χ1n) is 13.7. The molecule has 1 aromatic heterocycles. The maximum absolute atomic E-state index is 13.2. The number of hydrogen-bond donors (Lipinski definition) is 0. The topological polar surface area (TPSA) is 54.3 Å². The zero-order valence-electron chi connectivity index (χ0n) is 22.0. The number of para-hydroxylation sites is 1. The van der Waals surface area contributed by atoms with E-state index in [1.807, 2.05) is 33.8 Å². The third-order valence-electron chi connectivity index (χ3n) is 7.65. The molecule has 2 heterocycles. The maximum atomic E-state index is 13.2. The number of fused-ring (bicyclic) bond motifs is 1. The van der Waals surface area contributed by atoms with Gasteiger partial charge in [-0.05, 0) is 35.2 Å². The number of amides is 1. The lowest BCUT2D eigenvalue weighted by Gasteiger charge is -2.37. The molecule has 6 rings (SSSR count). The van der Waals surface area contributed by atoms with Crippen molar-refractivity contribution in [3.05, 3.63) is 132 Å². The summed E-state index contributed by atoms with van der Waals surface area (Å²) in [4.78, 5) is 17.7. The van der Waals surface area contributed by atoms with Crippen LogP contribution in [0.4, 0.5) is 0 Å². The first-order chi connectivity index (χ1) is 19.3. The summed E-state index contributed by atoms with van der Waals surface area (Å²) in [6.45, 7) is 2.30. The third kappa shape index (κ3) is 5.61. The van der Waals surface area contributed by atoms with Gasteiger partial charge in [0.25, 0.3) is 0 Å². The molecule has 6 heteroatoms. The van der Waals surface area contributed by atoms with Crippen LogP contribution < -0.4 is 0 Å². The molecule has 0 bridgehead atoms. The summed E-state index contributed by atoms with van der Waals surface area (Å²) in [5, 5.41) is 9.06. The van der Waals surface area contributed by atoms with Crippen molar-refractivity contribution in [2.75, 3.05) is 6.54 Å². The molecule has 0 spiro atoms. The Morgan fingerprint density at radius 2 is 1.33 bits per heavy atom. The zero-order valence-corrected chi connectivity index (χ0v) is 22.0. The molecule has 0 unspecified atom stereocenters. The molecule has 6 nitrogen and oxygen atoms in total. The highest BCUT2D eigenvalue weighted by Gasteiger charge is 2.35. The van der Waals surface area contributed by atoms with Crippen LogP contribution in [-0.4, -0.2) is 37.2 Å². The summed E-state index contributed by atoms with van der Waals surface area (Å²) in [6.07, 6.45) is 1.90. The van der Waals surface area contributed by atoms with Crippen molar-refractivity contribution in [2.45, 2.75) is 44.6 Å². The fourth-order valence-corrected chi connectivity index (χ4v) is 5.73. The van der Waals surface area contributed by atoms with Gasteiger partial charge in [-0.1, -0.05) is 108 Å². The van der Waals surface area contributed by atoms with Gasteiger partial charge in [-0.2, -0.15) is 0 Å². The molecule has 0 aliphatic carbocycles. The molecule has 1 saturated heterocycles. The molecule has 1 fully saturated rings. The summed E-state index contributed by atoms with van der Waals surface area (Å²) in [5.74, 6) is 0.184. The van der Waals surface area contributed by atoms with Crippen LogP contribution in [0, 0.1) is 0 Å². The van der Waals surface area contributed by atoms with E-state index in [0.29, 0.717) is 12.8 Å². The van der Waals surface area contributed by atoms with Crippen LogP contribution in [0.1, 0.15) is 48.2 Å². The van der Waals surface area contributed by atoms with Crippen LogP contribution in [-0.2, 0) is 17.9 Å².